The molecule has 1 aliphatic rings. The van der Waals surface area contributed by atoms with Crippen molar-refractivity contribution in [3.05, 3.63) is 29.5 Å². The first kappa shape index (κ1) is 10.4. The maximum absolute atomic E-state index is 6.21. The third kappa shape index (κ3) is 1.61. The molecule has 3 N–H and O–H groups in total. The van der Waals surface area contributed by atoms with Crippen molar-refractivity contribution in [3.8, 4) is 5.75 Å². The van der Waals surface area contributed by atoms with E-state index in [0.717, 1.165) is 53.1 Å². The normalized spacial score (nSPS) is 14.6. The quantitative estimate of drug-likeness (QED) is 0.777. The van der Waals surface area contributed by atoms with Crippen molar-refractivity contribution in [1.29, 1.82) is 0 Å². The average molecular weight is 229 g/mol. The van der Waals surface area contributed by atoms with Gasteiger partial charge in [-0.15, -0.1) is 0 Å². The smallest absolute Gasteiger partial charge is 0.121 e. The molecule has 2 aromatic rings. The fourth-order valence-electron chi connectivity index (χ4n) is 2.31. The SMILES string of the molecule is COc1ccc2c(N)c3c(nc2c1)CCNC3. The van der Waals surface area contributed by atoms with Gasteiger partial charge in [0.25, 0.3) is 0 Å². The van der Waals surface area contributed by atoms with Crippen molar-refractivity contribution < 1.29 is 4.74 Å². The van der Waals surface area contributed by atoms with Gasteiger partial charge in [0.2, 0.25) is 0 Å². The van der Waals surface area contributed by atoms with Crippen molar-refractivity contribution in [2.45, 2.75) is 13.0 Å². The number of pyridine rings is 1. The lowest BCUT2D eigenvalue weighted by molar-refractivity contribution is 0.415. The number of anilines is 1. The summed E-state index contributed by atoms with van der Waals surface area (Å²) < 4.78 is 5.21. The van der Waals surface area contributed by atoms with Gasteiger partial charge in [-0.2, -0.15) is 0 Å². The van der Waals surface area contributed by atoms with E-state index in [1.54, 1.807) is 7.11 Å². The van der Waals surface area contributed by atoms with E-state index < -0.39 is 0 Å². The summed E-state index contributed by atoms with van der Waals surface area (Å²) in [4.78, 5) is 4.69. The zero-order valence-electron chi connectivity index (χ0n) is 9.79. The molecule has 17 heavy (non-hydrogen) atoms. The van der Waals surface area contributed by atoms with Crippen LogP contribution in [-0.4, -0.2) is 18.6 Å². The van der Waals surface area contributed by atoms with Crippen molar-refractivity contribution in [1.82, 2.24) is 10.3 Å². The minimum Gasteiger partial charge on any atom is -0.497 e. The van der Waals surface area contributed by atoms with E-state index in [2.05, 4.69) is 10.3 Å². The standard InChI is InChI=1S/C13H15N3O/c1-17-8-2-3-9-12(6-8)16-11-4-5-15-7-10(11)13(9)14/h2-3,6,15H,4-5,7H2,1H3,(H2,14,16). The van der Waals surface area contributed by atoms with Crippen LogP contribution in [0.15, 0.2) is 18.2 Å². The minimum atomic E-state index is 0.816. The number of nitrogen functional groups attached to an aromatic ring is 1. The summed E-state index contributed by atoms with van der Waals surface area (Å²) in [5.74, 6) is 0.818. The maximum Gasteiger partial charge on any atom is 0.121 e. The summed E-state index contributed by atoms with van der Waals surface area (Å²) in [6, 6.07) is 5.84. The van der Waals surface area contributed by atoms with Crippen LogP contribution in [0.4, 0.5) is 5.69 Å². The predicted octanol–water partition coefficient (Wildman–Crippen LogP) is 1.47. The number of fused-ring (bicyclic) bond motifs is 2. The lowest BCUT2D eigenvalue weighted by atomic mass is 10.0. The number of aromatic nitrogens is 1. The minimum absolute atomic E-state index is 0.816. The zero-order chi connectivity index (χ0) is 11.8. The Bertz CT molecular complexity index is 580. The molecule has 2 heterocycles. The van der Waals surface area contributed by atoms with Crippen LogP contribution >= 0.6 is 0 Å². The number of nitrogens with two attached hydrogens (primary N) is 1. The predicted molar refractivity (Wildman–Crippen MR) is 68.1 cm³/mol. The number of rotatable bonds is 1. The molecular formula is C13H15N3O. The van der Waals surface area contributed by atoms with Crippen LogP contribution in [0.1, 0.15) is 11.3 Å². The number of benzene rings is 1. The fraction of sp³-hybridized carbons (Fsp3) is 0.308. The summed E-state index contributed by atoms with van der Waals surface area (Å²) in [5.41, 5.74) is 10.2. The number of ether oxygens (including phenoxy) is 1. The largest absolute Gasteiger partial charge is 0.497 e. The van der Waals surface area contributed by atoms with Crippen LogP contribution in [0.25, 0.3) is 10.9 Å². The molecule has 88 valence electrons. The van der Waals surface area contributed by atoms with Gasteiger partial charge >= 0.3 is 0 Å². The third-order valence-electron chi connectivity index (χ3n) is 3.26. The van der Waals surface area contributed by atoms with E-state index in [1.165, 1.54) is 0 Å². The van der Waals surface area contributed by atoms with Gasteiger partial charge in [-0.3, -0.25) is 4.98 Å². The maximum atomic E-state index is 6.21. The Kier molecular flexibility index (Phi) is 2.37. The zero-order valence-corrected chi connectivity index (χ0v) is 9.79. The number of nitrogens with one attached hydrogen (secondary N) is 1. The van der Waals surface area contributed by atoms with Crippen LogP contribution in [0.5, 0.6) is 5.75 Å². The first-order valence-corrected chi connectivity index (χ1v) is 5.75. The molecule has 0 bridgehead atoms. The monoisotopic (exact) mass is 229 g/mol. The van der Waals surface area contributed by atoms with Crippen LogP contribution in [0, 0.1) is 0 Å². The Labute approximate surface area is 99.8 Å². The number of nitrogens with zero attached hydrogens (tertiary/aromatic N) is 1. The summed E-state index contributed by atoms with van der Waals surface area (Å²) in [6.45, 7) is 1.78. The Morgan fingerprint density at radius 2 is 2.29 bits per heavy atom. The fourth-order valence-corrected chi connectivity index (χ4v) is 2.31. The molecule has 0 saturated heterocycles. The Balaban J connectivity index is 2.28. The van der Waals surface area contributed by atoms with Crippen LogP contribution in [-0.2, 0) is 13.0 Å². The Morgan fingerprint density at radius 1 is 1.41 bits per heavy atom. The molecule has 4 heteroatoms. The molecule has 4 nitrogen and oxygen atoms in total. The number of hydrogen-bond acceptors (Lipinski definition) is 4. The molecule has 0 aliphatic carbocycles. The van der Waals surface area contributed by atoms with Gasteiger partial charge in [-0.05, 0) is 12.1 Å². The molecular weight excluding hydrogens is 214 g/mol. The van der Waals surface area contributed by atoms with Crippen molar-refractivity contribution in [2.75, 3.05) is 19.4 Å². The first-order chi connectivity index (χ1) is 8.29. The highest BCUT2D eigenvalue weighted by Gasteiger charge is 2.16. The average Bonchev–Trinajstić information content (AvgIpc) is 2.38. The van der Waals surface area contributed by atoms with Crippen molar-refractivity contribution in [3.63, 3.8) is 0 Å². The summed E-state index contributed by atoms with van der Waals surface area (Å²) >= 11 is 0. The van der Waals surface area contributed by atoms with E-state index in [-0.39, 0.29) is 0 Å². The molecule has 0 fully saturated rings. The summed E-state index contributed by atoms with van der Waals surface area (Å²) in [6.07, 6.45) is 0.937. The van der Waals surface area contributed by atoms with Gasteiger partial charge in [0.1, 0.15) is 5.75 Å². The summed E-state index contributed by atoms with van der Waals surface area (Å²) in [5, 5.41) is 4.33. The molecule has 1 aromatic carbocycles. The molecule has 0 spiro atoms. The highest BCUT2D eigenvalue weighted by molar-refractivity contribution is 5.93. The Hall–Kier alpha value is -1.81. The van der Waals surface area contributed by atoms with Gasteiger partial charge in [0.05, 0.1) is 12.6 Å². The van der Waals surface area contributed by atoms with Gasteiger partial charge in [-0.25, -0.2) is 0 Å². The van der Waals surface area contributed by atoms with Gasteiger partial charge in [-0.1, -0.05) is 0 Å². The second-order valence-corrected chi connectivity index (χ2v) is 4.26. The van der Waals surface area contributed by atoms with Crippen molar-refractivity contribution >= 4 is 16.6 Å². The summed E-state index contributed by atoms with van der Waals surface area (Å²) in [7, 11) is 1.66. The molecule has 0 amide bonds. The molecule has 1 aliphatic heterocycles. The lowest BCUT2D eigenvalue weighted by Crippen LogP contribution is -2.25. The van der Waals surface area contributed by atoms with E-state index in [9.17, 15) is 0 Å². The topological polar surface area (TPSA) is 60.2 Å². The van der Waals surface area contributed by atoms with E-state index in [0.29, 0.717) is 0 Å². The van der Waals surface area contributed by atoms with Gasteiger partial charge in [0.15, 0.2) is 0 Å². The second kappa shape index (κ2) is 3.89. The molecule has 0 atom stereocenters. The second-order valence-electron chi connectivity index (χ2n) is 4.26. The van der Waals surface area contributed by atoms with Gasteiger partial charge < -0.3 is 15.8 Å². The molecule has 0 saturated carbocycles. The first-order valence-electron chi connectivity index (χ1n) is 5.75. The Morgan fingerprint density at radius 3 is 3.12 bits per heavy atom. The molecule has 3 rings (SSSR count). The lowest BCUT2D eigenvalue weighted by Gasteiger charge is -2.19. The molecule has 1 aromatic heterocycles. The molecule has 0 unspecified atom stereocenters. The van der Waals surface area contributed by atoms with E-state index in [1.807, 2.05) is 18.2 Å². The van der Waals surface area contributed by atoms with Crippen LogP contribution in [0.3, 0.4) is 0 Å². The van der Waals surface area contributed by atoms with Crippen LogP contribution in [0.2, 0.25) is 0 Å². The highest BCUT2D eigenvalue weighted by Crippen LogP contribution is 2.29. The van der Waals surface area contributed by atoms with Gasteiger partial charge in [0, 0.05) is 47.9 Å². The highest BCUT2D eigenvalue weighted by atomic mass is 16.5. The van der Waals surface area contributed by atoms with E-state index >= 15 is 0 Å². The van der Waals surface area contributed by atoms with E-state index in [4.69, 9.17) is 10.5 Å². The van der Waals surface area contributed by atoms with Crippen LogP contribution < -0.4 is 15.8 Å². The van der Waals surface area contributed by atoms with Crippen molar-refractivity contribution in [2.24, 2.45) is 0 Å². The third-order valence-corrected chi connectivity index (χ3v) is 3.26. The number of methoxy groups -OCH3 is 1. The molecule has 0 radical (unpaired) electrons. The number of hydrogen-bond donors (Lipinski definition) is 2.